The fraction of sp³-hybridized carbons (Fsp3) is 0.0952. The summed E-state index contributed by atoms with van der Waals surface area (Å²) in [4.78, 5) is 23.4. The number of carbonyl (C=O) groups is 2. The van der Waals surface area contributed by atoms with Gasteiger partial charge in [-0.15, -0.1) is 0 Å². The van der Waals surface area contributed by atoms with Crippen LogP contribution < -0.4 is 15.9 Å². The first kappa shape index (κ1) is 19.7. The molecule has 0 saturated heterocycles. The van der Waals surface area contributed by atoms with Gasteiger partial charge >= 0.3 is 0 Å². The standard InChI is InChI=1S/C17H16N2.C4H4O4/c1-11-6-8-13(9-7-11)17-12(2)14-4-3-5-16(18)15(14)10-19-17;5-3(6)1-2-4(7)8/h3-10H,18H2,1-2H3;1-2H,(H,5,6)(H,7,8)/p-2/b;2-1-. The average molecular weight is 362 g/mol. The zero-order valence-corrected chi connectivity index (χ0v) is 14.9. The number of fused-ring (bicyclic) bond motifs is 1. The summed E-state index contributed by atoms with van der Waals surface area (Å²) in [5.74, 6) is -3.09. The molecule has 0 unspecified atom stereocenters. The molecule has 2 N–H and O–H groups in total. The largest absolute Gasteiger partial charge is 0.545 e. The first-order chi connectivity index (χ1) is 12.8. The highest BCUT2D eigenvalue weighted by Gasteiger charge is 2.08. The monoisotopic (exact) mass is 362 g/mol. The van der Waals surface area contributed by atoms with E-state index in [4.69, 9.17) is 5.73 Å². The van der Waals surface area contributed by atoms with Crippen molar-refractivity contribution in [3.05, 3.63) is 71.9 Å². The van der Waals surface area contributed by atoms with Gasteiger partial charge in [0.15, 0.2) is 0 Å². The molecule has 2 aromatic carbocycles. The topological polar surface area (TPSA) is 119 Å². The van der Waals surface area contributed by atoms with Gasteiger partial charge in [0, 0.05) is 22.8 Å². The van der Waals surface area contributed by atoms with E-state index in [1.54, 1.807) is 0 Å². The van der Waals surface area contributed by atoms with Gasteiger partial charge < -0.3 is 25.5 Å². The van der Waals surface area contributed by atoms with E-state index in [2.05, 4.69) is 49.2 Å². The fourth-order valence-electron chi connectivity index (χ4n) is 2.55. The van der Waals surface area contributed by atoms with Gasteiger partial charge in [0.2, 0.25) is 0 Å². The first-order valence-corrected chi connectivity index (χ1v) is 8.10. The minimum absolute atomic E-state index is 0.384. The van der Waals surface area contributed by atoms with Crippen molar-refractivity contribution in [1.82, 2.24) is 4.98 Å². The molecule has 0 aliphatic carbocycles. The molecule has 0 atom stereocenters. The number of aromatic nitrogens is 1. The number of nitrogens with zero attached hydrogens (tertiary/aromatic N) is 1. The molecule has 0 spiro atoms. The Morgan fingerprint density at radius 2 is 1.52 bits per heavy atom. The summed E-state index contributed by atoms with van der Waals surface area (Å²) in [5.41, 5.74) is 11.4. The first-order valence-electron chi connectivity index (χ1n) is 8.10. The van der Waals surface area contributed by atoms with Gasteiger partial charge in [0.05, 0.1) is 17.6 Å². The van der Waals surface area contributed by atoms with E-state index in [1.165, 1.54) is 16.5 Å². The average Bonchev–Trinajstić information content (AvgIpc) is 2.63. The lowest BCUT2D eigenvalue weighted by Gasteiger charge is -2.10. The highest BCUT2D eigenvalue weighted by atomic mass is 16.4. The zero-order chi connectivity index (χ0) is 20.0. The van der Waals surface area contributed by atoms with Crippen LogP contribution in [0.2, 0.25) is 0 Å². The van der Waals surface area contributed by atoms with Crippen LogP contribution in [-0.2, 0) is 9.59 Å². The van der Waals surface area contributed by atoms with E-state index in [9.17, 15) is 19.8 Å². The zero-order valence-electron chi connectivity index (χ0n) is 14.9. The van der Waals surface area contributed by atoms with Gasteiger partial charge in [-0.2, -0.15) is 0 Å². The Kier molecular flexibility index (Phi) is 6.27. The highest BCUT2D eigenvalue weighted by Crippen LogP contribution is 2.29. The molecule has 138 valence electrons. The summed E-state index contributed by atoms with van der Waals surface area (Å²) in [7, 11) is 0. The van der Waals surface area contributed by atoms with Gasteiger partial charge in [-0.3, -0.25) is 4.98 Å². The van der Waals surface area contributed by atoms with Crippen LogP contribution in [0.5, 0.6) is 0 Å². The summed E-state index contributed by atoms with van der Waals surface area (Å²) in [5, 5.41) is 21.0. The second kappa shape index (κ2) is 8.62. The summed E-state index contributed by atoms with van der Waals surface area (Å²) >= 11 is 0. The van der Waals surface area contributed by atoms with E-state index >= 15 is 0 Å². The van der Waals surface area contributed by atoms with Crippen LogP contribution >= 0.6 is 0 Å². The van der Waals surface area contributed by atoms with Crippen LogP contribution in [0.1, 0.15) is 11.1 Å². The molecule has 0 aliphatic rings. The van der Waals surface area contributed by atoms with Crippen molar-refractivity contribution in [1.29, 1.82) is 0 Å². The normalized spacial score (nSPS) is 10.4. The fourth-order valence-corrected chi connectivity index (χ4v) is 2.55. The van der Waals surface area contributed by atoms with Gasteiger partial charge in [-0.05, 0) is 43.0 Å². The maximum atomic E-state index is 9.41. The molecule has 27 heavy (non-hydrogen) atoms. The number of rotatable bonds is 3. The van der Waals surface area contributed by atoms with Crippen LogP contribution in [0.3, 0.4) is 0 Å². The van der Waals surface area contributed by atoms with E-state index in [1.807, 2.05) is 18.3 Å². The predicted octanol–water partition coefficient (Wildman–Crippen LogP) is 1.14. The van der Waals surface area contributed by atoms with Crippen LogP contribution in [0, 0.1) is 13.8 Å². The SMILES string of the molecule is Cc1ccc(-c2ncc3c(N)cccc3c2C)cc1.O=C([O-])/C=C\C(=O)[O-]. The highest BCUT2D eigenvalue weighted by molar-refractivity contribution is 5.96. The number of benzene rings is 2. The maximum absolute atomic E-state index is 9.41. The predicted molar refractivity (Wildman–Crippen MR) is 100 cm³/mol. The van der Waals surface area contributed by atoms with Crippen molar-refractivity contribution in [3.63, 3.8) is 0 Å². The Labute approximate surface area is 156 Å². The molecule has 0 radical (unpaired) electrons. The van der Waals surface area contributed by atoms with Gasteiger partial charge in [0.1, 0.15) is 0 Å². The number of pyridine rings is 1. The molecule has 0 amide bonds. The molecule has 6 heteroatoms. The van der Waals surface area contributed by atoms with Gasteiger partial charge in [-0.25, -0.2) is 0 Å². The Hall–Kier alpha value is -3.67. The van der Waals surface area contributed by atoms with Crippen LogP contribution in [0.4, 0.5) is 5.69 Å². The van der Waals surface area contributed by atoms with Gasteiger partial charge in [0.25, 0.3) is 0 Å². The Morgan fingerprint density at radius 3 is 2.07 bits per heavy atom. The molecule has 1 aromatic heterocycles. The lowest BCUT2D eigenvalue weighted by atomic mass is 10.00. The number of aliphatic carboxylic acids is 2. The number of anilines is 1. The molecule has 0 saturated carbocycles. The minimum atomic E-state index is -1.55. The lowest BCUT2D eigenvalue weighted by Crippen LogP contribution is -2.23. The second-order valence-corrected chi connectivity index (χ2v) is 5.88. The molecule has 0 aliphatic heterocycles. The Bertz CT molecular complexity index is 993. The van der Waals surface area contributed by atoms with Crippen molar-refractivity contribution in [2.24, 2.45) is 0 Å². The number of carboxylic acids is 2. The van der Waals surface area contributed by atoms with E-state index in [0.29, 0.717) is 12.2 Å². The molecule has 1 heterocycles. The number of aryl methyl sites for hydroxylation is 2. The quantitative estimate of drug-likeness (QED) is 0.551. The Morgan fingerprint density at radius 1 is 0.926 bits per heavy atom. The molecule has 0 fully saturated rings. The molecule has 6 nitrogen and oxygen atoms in total. The summed E-state index contributed by atoms with van der Waals surface area (Å²) in [6.45, 7) is 4.19. The number of carbonyl (C=O) groups excluding carboxylic acids is 2. The van der Waals surface area contributed by atoms with E-state index in [-0.39, 0.29) is 0 Å². The molecular formula is C21H18N2O4-2. The lowest BCUT2D eigenvalue weighted by molar-refractivity contribution is -0.301. The number of hydrogen-bond donors (Lipinski definition) is 1. The summed E-state index contributed by atoms with van der Waals surface area (Å²) in [6.07, 6.45) is 2.64. The third-order valence-corrected chi connectivity index (χ3v) is 3.90. The molecule has 0 bridgehead atoms. The minimum Gasteiger partial charge on any atom is -0.545 e. The number of carboxylic acid groups (broad SMARTS) is 2. The molecule has 3 rings (SSSR count). The second-order valence-electron chi connectivity index (χ2n) is 5.88. The van der Waals surface area contributed by atoms with E-state index < -0.39 is 11.9 Å². The molecule has 3 aromatic rings. The Balaban J connectivity index is 0.000000279. The van der Waals surface area contributed by atoms with Gasteiger partial charge in [-0.1, -0.05) is 42.0 Å². The third-order valence-electron chi connectivity index (χ3n) is 3.90. The van der Waals surface area contributed by atoms with Crippen molar-refractivity contribution in [2.75, 3.05) is 5.73 Å². The maximum Gasteiger partial charge on any atom is 0.0737 e. The summed E-state index contributed by atoms with van der Waals surface area (Å²) in [6, 6.07) is 14.4. The van der Waals surface area contributed by atoms with Crippen LogP contribution in [0.25, 0.3) is 22.0 Å². The number of nitrogen functional groups attached to an aromatic ring is 1. The van der Waals surface area contributed by atoms with Crippen molar-refractivity contribution < 1.29 is 19.8 Å². The number of hydrogen-bond acceptors (Lipinski definition) is 6. The smallest absolute Gasteiger partial charge is 0.0737 e. The van der Waals surface area contributed by atoms with Crippen LogP contribution in [-0.4, -0.2) is 16.9 Å². The molecular weight excluding hydrogens is 344 g/mol. The van der Waals surface area contributed by atoms with Crippen molar-refractivity contribution >= 4 is 28.4 Å². The van der Waals surface area contributed by atoms with Crippen molar-refractivity contribution in [2.45, 2.75) is 13.8 Å². The summed E-state index contributed by atoms with van der Waals surface area (Å²) < 4.78 is 0. The van der Waals surface area contributed by atoms with Crippen molar-refractivity contribution in [3.8, 4) is 11.3 Å². The van der Waals surface area contributed by atoms with Crippen LogP contribution in [0.15, 0.2) is 60.8 Å². The number of nitrogens with two attached hydrogens (primary N) is 1. The van der Waals surface area contributed by atoms with E-state index in [0.717, 1.165) is 22.3 Å². The third kappa shape index (κ3) is 5.15.